The minimum absolute atomic E-state index is 0.214. The molecule has 0 spiro atoms. The molecule has 4 heteroatoms. The van der Waals surface area contributed by atoms with Crippen LogP contribution in [0.1, 0.15) is 11.1 Å². The molecule has 2 nitrogen and oxygen atoms in total. The van der Waals surface area contributed by atoms with Gasteiger partial charge in [-0.05, 0) is 46.7 Å². The number of benzene rings is 1. The number of halogens is 2. The van der Waals surface area contributed by atoms with Gasteiger partial charge in [-0.1, -0.05) is 22.0 Å². The van der Waals surface area contributed by atoms with E-state index in [1.165, 1.54) is 12.7 Å². The Morgan fingerprint density at radius 3 is 2.79 bits per heavy atom. The standard InChI is InChI=1S/C10H10BrIO2/c1-6-3-4-8(11)7(10(6)12)5-9(13)14-2/h3-4H,5H2,1-2H3. The van der Waals surface area contributed by atoms with Gasteiger partial charge in [0.1, 0.15) is 0 Å². The molecule has 1 aromatic rings. The minimum Gasteiger partial charge on any atom is -0.469 e. The summed E-state index contributed by atoms with van der Waals surface area (Å²) in [6.45, 7) is 2.02. The molecule has 0 aliphatic carbocycles. The summed E-state index contributed by atoms with van der Waals surface area (Å²) in [6, 6.07) is 3.97. The van der Waals surface area contributed by atoms with Gasteiger partial charge in [0, 0.05) is 8.04 Å². The van der Waals surface area contributed by atoms with E-state index in [4.69, 9.17) is 0 Å². The molecule has 0 aliphatic rings. The Morgan fingerprint density at radius 1 is 1.57 bits per heavy atom. The van der Waals surface area contributed by atoms with E-state index < -0.39 is 0 Å². The second-order valence-electron chi connectivity index (χ2n) is 2.91. The molecular weight excluding hydrogens is 359 g/mol. The van der Waals surface area contributed by atoms with Crippen LogP contribution in [0.5, 0.6) is 0 Å². The first-order valence-electron chi connectivity index (χ1n) is 4.06. The lowest BCUT2D eigenvalue weighted by molar-refractivity contribution is -0.139. The molecule has 1 aromatic carbocycles. The maximum atomic E-state index is 11.2. The van der Waals surface area contributed by atoms with Crippen LogP contribution in [-0.4, -0.2) is 13.1 Å². The van der Waals surface area contributed by atoms with Crippen LogP contribution in [-0.2, 0) is 16.0 Å². The van der Waals surface area contributed by atoms with Gasteiger partial charge in [-0.3, -0.25) is 4.79 Å². The highest BCUT2D eigenvalue weighted by Gasteiger charge is 2.11. The van der Waals surface area contributed by atoms with Crippen molar-refractivity contribution in [1.82, 2.24) is 0 Å². The summed E-state index contributed by atoms with van der Waals surface area (Å²) in [5.74, 6) is -0.214. The number of esters is 1. The summed E-state index contributed by atoms with van der Waals surface area (Å²) >= 11 is 5.67. The van der Waals surface area contributed by atoms with Crippen molar-refractivity contribution in [2.45, 2.75) is 13.3 Å². The highest BCUT2D eigenvalue weighted by Crippen LogP contribution is 2.25. The molecule has 76 valence electrons. The Bertz CT molecular complexity index is 363. The third-order valence-electron chi connectivity index (χ3n) is 1.93. The van der Waals surface area contributed by atoms with E-state index in [1.54, 1.807) is 0 Å². The zero-order valence-corrected chi connectivity index (χ0v) is 11.7. The molecule has 0 saturated carbocycles. The fourth-order valence-electron chi connectivity index (χ4n) is 1.09. The second-order valence-corrected chi connectivity index (χ2v) is 4.84. The van der Waals surface area contributed by atoms with E-state index in [-0.39, 0.29) is 5.97 Å². The maximum absolute atomic E-state index is 11.2. The molecule has 0 unspecified atom stereocenters. The minimum atomic E-state index is -0.214. The van der Waals surface area contributed by atoms with Crippen molar-refractivity contribution in [1.29, 1.82) is 0 Å². The largest absolute Gasteiger partial charge is 0.469 e. The third-order valence-corrected chi connectivity index (χ3v) is 4.17. The van der Waals surface area contributed by atoms with Crippen molar-refractivity contribution in [3.8, 4) is 0 Å². The average molecular weight is 369 g/mol. The lowest BCUT2D eigenvalue weighted by atomic mass is 10.1. The van der Waals surface area contributed by atoms with Crippen molar-refractivity contribution < 1.29 is 9.53 Å². The second kappa shape index (κ2) is 5.11. The summed E-state index contributed by atoms with van der Waals surface area (Å²) in [5.41, 5.74) is 2.17. The fraction of sp³-hybridized carbons (Fsp3) is 0.300. The van der Waals surface area contributed by atoms with E-state index in [0.29, 0.717) is 6.42 Å². The SMILES string of the molecule is COC(=O)Cc1c(Br)ccc(C)c1I. The van der Waals surface area contributed by atoms with Crippen LogP contribution >= 0.6 is 38.5 Å². The Kier molecular flexibility index (Phi) is 4.37. The number of ether oxygens (including phenoxy) is 1. The molecule has 1 rings (SSSR count). The molecule has 0 N–H and O–H groups in total. The molecule has 0 radical (unpaired) electrons. The number of carbonyl (C=O) groups is 1. The number of hydrogen-bond acceptors (Lipinski definition) is 2. The lowest BCUT2D eigenvalue weighted by Gasteiger charge is -2.08. The summed E-state index contributed by atoms with van der Waals surface area (Å²) in [7, 11) is 1.40. The maximum Gasteiger partial charge on any atom is 0.310 e. The molecule has 0 heterocycles. The van der Waals surface area contributed by atoms with Crippen LogP contribution in [0.25, 0.3) is 0 Å². The summed E-state index contributed by atoms with van der Waals surface area (Å²) < 4.78 is 6.71. The van der Waals surface area contributed by atoms with Gasteiger partial charge in [0.2, 0.25) is 0 Å². The van der Waals surface area contributed by atoms with Crippen LogP contribution in [0.2, 0.25) is 0 Å². The average Bonchev–Trinajstić information content (AvgIpc) is 2.18. The first-order valence-corrected chi connectivity index (χ1v) is 5.93. The lowest BCUT2D eigenvalue weighted by Crippen LogP contribution is -2.07. The van der Waals surface area contributed by atoms with Gasteiger partial charge < -0.3 is 4.74 Å². The number of rotatable bonds is 2. The van der Waals surface area contributed by atoms with E-state index in [2.05, 4.69) is 43.3 Å². The molecule has 0 aromatic heterocycles. The number of hydrogen-bond donors (Lipinski definition) is 0. The third kappa shape index (κ3) is 2.70. The summed E-state index contributed by atoms with van der Waals surface area (Å²) in [6.07, 6.45) is 0.317. The van der Waals surface area contributed by atoms with Gasteiger partial charge >= 0.3 is 5.97 Å². The van der Waals surface area contributed by atoms with Crippen LogP contribution in [0.3, 0.4) is 0 Å². The molecular formula is C10H10BrIO2. The normalized spacial score (nSPS) is 10.0. The number of aryl methyl sites for hydroxylation is 1. The number of methoxy groups -OCH3 is 1. The van der Waals surface area contributed by atoms with Gasteiger partial charge in [-0.15, -0.1) is 0 Å². The van der Waals surface area contributed by atoms with Gasteiger partial charge in [0.25, 0.3) is 0 Å². The smallest absolute Gasteiger partial charge is 0.310 e. The monoisotopic (exact) mass is 368 g/mol. The van der Waals surface area contributed by atoms with Crippen LogP contribution in [0.4, 0.5) is 0 Å². The molecule has 0 aliphatic heterocycles. The topological polar surface area (TPSA) is 26.3 Å². The van der Waals surface area contributed by atoms with Gasteiger partial charge in [-0.25, -0.2) is 0 Å². The Labute approximate surface area is 105 Å². The van der Waals surface area contributed by atoms with E-state index >= 15 is 0 Å². The highest BCUT2D eigenvalue weighted by atomic mass is 127. The van der Waals surface area contributed by atoms with Crippen molar-refractivity contribution >= 4 is 44.5 Å². The van der Waals surface area contributed by atoms with Crippen molar-refractivity contribution in [3.05, 3.63) is 31.3 Å². The zero-order valence-electron chi connectivity index (χ0n) is 7.93. The van der Waals surface area contributed by atoms with E-state index in [9.17, 15) is 4.79 Å². The molecule has 14 heavy (non-hydrogen) atoms. The molecule has 0 fully saturated rings. The molecule has 0 amide bonds. The quantitative estimate of drug-likeness (QED) is 0.592. The first kappa shape index (κ1) is 12.0. The molecule has 0 bridgehead atoms. The van der Waals surface area contributed by atoms with E-state index in [0.717, 1.165) is 13.6 Å². The van der Waals surface area contributed by atoms with E-state index in [1.807, 2.05) is 19.1 Å². The number of carbonyl (C=O) groups excluding carboxylic acids is 1. The zero-order chi connectivity index (χ0) is 10.7. The highest BCUT2D eigenvalue weighted by molar-refractivity contribution is 14.1. The van der Waals surface area contributed by atoms with Crippen LogP contribution in [0, 0.1) is 10.5 Å². The summed E-state index contributed by atoms with van der Waals surface area (Å²) in [5, 5.41) is 0. The van der Waals surface area contributed by atoms with Crippen molar-refractivity contribution in [3.63, 3.8) is 0 Å². The molecule has 0 saturated heterocycles. The fourth-order valence-corrected chi connectivity index (χ4v) is 2.60. The van der Waals surface area contributed by atoms with Gasteiger partial charge in [0.15, 0.2) is 0 Å². The molecule has 0 atom stereocenters. The van der Waals surface area contributed by atoms with Crippen LogP contribution in [0.15, 0.2) is 16.6 Å². The van der Waals surface area contributed by atoms with Crippen molar-refractivity contribution in [2.24, 2.45) is 0 Å². The Hall–Kier alpha value is -0.100. The predicted molar refractivity (Wildman–Crippen MR) is 67.3 cm³/mol. The van der Waals surface area contributed by atoms with Gasteiger partial charge in [-0.2, -0.15) is 0 Å². The van der Waals surface area contributed by atoms with Gasteiger partial charge in [0.05, 0.1) is 13.5 Å². The van der Waals surface area contributed by atoms with Crippen LogP contribution < -0.4 is 0 Å². The van der Waals surface area contributed by atoms with Crippen molar-refractivity contribution in [2.75, 3.05) is 7.11 Å². The Morgan fingerprint density at radius 2 is 2.21 bits per heavy atom. The Balaban J connectivity index is 3.06. The summed E-state index contributed by atoms with van der Waals surface area (Å²) in [4.78, 5) is 11.2. The first-order chi connectivity index (χ1) is 6.56. The predicted octanol–water partition coefficient (Wildman–Crippen LogP) is 3.08.